The van der Waals surface area contributed by atoms with E-state index in [0.717, 1.165) is 37.8 Å². The van der Waals surface area contributed by atoms with E-state index in [9.17, 15) is 9.59 Å². The number of hydrogen-bond donors (Lipinski definition) is 0. The van der Waals surface area contributed by atoms with Crippen LogP contribution in [0.15, 0.2) is 29.8 Å². The van der Waals surface area contributed by atoms with Gasteiger partial charge in [0.25, 0.3) is 0 Å². The summed E-state index contributed by atoms with van der Waals surface area (Å²) in [6.45, 7) is 2.96. The third-order valence-corrected chi connectivity index (χ3v) is 7.17. The van der Waals surface area contributed by atoms with Gasteiger partial charge in [0.2, 0.25) is 5.91 Å². The van der Waals surface area contributed by atoms with Crippen LogP contribution in [0, 0.1) is 0 Å². The van der Waals surface area contributed by atoms with Crippen molar-refractivity contribution in [2.45, 2.75) is 63.7 Å². The molecule has 1 fully saturated rings. The summed E-state index contributed by atoms with van der Waals surface area (Å²) in [7, 11) is 0. The lowest BCUT2D eigenvalue weighted by Gasteiger charge is -2.25. The number of rotatable bonds is 9. The van der Waals surface area contributed by atoms with Crippen LogP contribution in [-0.4, -0.2) is 41.1 Å². The van der Waals surface area contributed by atoms with Crippen LogP contribution in [0.2, 0.25) is 5.02 Å². The van der Waals surface area contributed by atoms with E-state index in [2.05, 4.69) is 11.0 Å². The van der Waals surface area contributed by atoms with E-state index in [-0.39, 0.29) is 17.3 Å². The number of thioether (sulfide) groups is 1. The van der Waals surface area contributed by atoms with Gasteiger partial charge < -0.3 is 9.64 Å². The van der Waals surface area contributed by atoms with Crippen molar-refractivity contribution in [2.24, 2.45) is 0 Å². The van der Waals surface area contributed by atoms with Gasteiger partial charge in [-0.1, -0.05) is 29.3 Å². The molecule has 2 aliphatic rings. The number of ether oxygens (including phenoxy) is 1. The highest BCUT2D eigenvalue weighted by Crippen LogP contribution is 2.31. The Kier molecular flexibility index (Phi) is 8.49. The van der Waals surface area contributed by atoms with E-state index in [1.54, 1.807) is 24.8 Å². The van der Waals surface area contributed by atoms with Crippen molar-refractivity contribution in [1.82, 2.24) is 4.90 Å². The lowest BCUT2D eigenvalue weighted by molar-refractivity contribution is -0.128. The highest BCUT2D eigenvalue weighted by Gasteiger charge is 2.30. The van der Waals surface area contributed by atoms with Crippen LogP contribution in [0.3, 0.4) is 0 Å². The molecule has 3 rings (SSSR count). The molecule has 1 aliphatic heterocycles. The van der Waals surface area contributed by atoms with Gasteiger partial charge >= 0.3 is 5.97 Å². The van der Waals surface area contributed by atoms with Gasteiger partial charge in [0.15, 0.2) is 0 Å². The van der Waals surface area contributed by atoms with Crippen LogP contribution in [0.1, 0.15) is 67.8 Å². The van der Waals surface area contributed by atoms with Gasteiger partial charge in [0.05, 0.1) is 28.3 Å². The quantitative estimate of drug-likeness (QED) is 0.372. The molecule has 29 heavy (non-hydrogen) atoms. The van der Waals surface area contributed by atoms with Crippen molar-refractivity contribution in [2.75, 3.05) is 18.9 Å². The zero-order valence-corrected chi connectivity index (χ0v) is 18.7. The van der Waals surface area contributed by atoms with Crippen LogP contribution >= 0.6 is 23.4 Å². The third-order valence-electron chi connectivity index (χ3n) is 5.57. The molecule has 0 aromatic heterocycles. The number of carbonyl (C=O) groups excluding carboxylic acids is 2. The predicted octanol–water partition coefficient (Wildman–Crippen LogP) is 5.63. The molecule has 4 nitrogen and oxygen atoms in total. The Bertz CT molecular complexity index is 764. The number of allylic oxidation sites excluding steroid dienone is 1. The molecule has 1 aliphatic carbocycles. The normalized spacial score (nSPS) is 19.4. The van der Waals surface area contributed by atoms with Gasteiger partial charge in [-0.05, 0) is 76.0 Å². The second-order valence-corrected chi connectivity index (χ2v) is 9.21. The SMILES string of the molecule is CCOC(=O)c1ccc(CCCC2SCC(=O)N2CCC2=CCCCC2)cc1Cl. The van der Waals surface area contributed by atoms with E-state index in [4.69, 9.17) is 16.3 Å². The molecule has 1 aromatic rings. The standard InChI is InChI=1S/C23H30ClNO3S/c1-2-28-23(27)19-12-11-18(15-20(19)24)9-6-10-22-25(21(26)16-29-22)14-13-17-7-4-3-5-8-17/h7,11-12,15,22H,2-6,8-10,13-14,16H2,1H3. The molecular formula is C23H30ClNO3S. The first-order valence-corrected chi connectivity index (χ1v) is 12.1. The number of halogens is 1. The second-order valence-electron chi connectivity index (χ2n) is 7.64. The van der Waals surface area contributed by atoms with Crippen molar-refractivity contribution in [3.63, 3.8) is 0 Å². The van der Waals surface area contributed by atoms with E-state index in [1.165, 1.54) is 31.3 Å². The zero-order chi connectivity index (χ0) is 20.6. The number of amides is 1. The van der Waals surface area contributed by atoms with Gasteiger partial charge in [-0.2, -0.15) is 0 Å². The van der Waals surface area contributed by atoms with Crippen LogP contribution in [0.4, 0.5) is 0 Å². The molecule has 0 spiro atoms. The molecule has 0 N–H and O–H groups in total. The maximum Gasteiger partial charge on any atom is 0.339 e. The Morgan fingerprint density at radius 2 is 2.17 bits per heavy atom. The minimum Gasteiger partial charge on any atom is -0.462 e. The molecule has 6 heteroatoms. The molecule has 0 bridgehead atoms. The Balaban J connectivity index is 1.48. The Hall–Kier alpha value is -1.46. The molecule has 1 heterocycles. The third kappa shape index (κ3) is 6.26. The maximum atomic E-state index is 12.3. The van der Waals surface area contributed by atoms with Gasteiger partial charge in [0, 0.05) is 6.54 Å². The molecule has 1 aromatic carbocycles. The molecule has 1 amide bonds. The number of esters is 1. The number of aryl methyl sites for hydroxylation is 1. The second kappa shape index (κ2) is 11.1. The van der Waals surface area contributed by atoms with Crippen molar-refractivity contribution in [1.29, 1.82) is 0 Å². The molecule has 1 saturated heterocycles. The molecule has 1 atom stereocenters. The number of carbonyl (C=O) groups is 2. The summed E-state index contributed by atoms with van der Waals surface area (Å²) in [5.41, 5.74) is 3.05. The summed E-state index contributed by atoms with van der Waals surface area (Å²) in [6, 6.07) is 5.54. The molecule has 0 saturated carbocycles. The molecule has 0 radical (unpaired) electrons. The van der Waals surface area contributed by atoms with E-state index in [0.29, 0.717) is 22.9 Å². The van der Waals surface area contributed by atoms with E-state index in [1.807, 2.05) is 12.1 Å². The van der Waals surface area contributed by atoms with Crippen LogP contribution in [-0.2, 0) is 16.0 Å². The van der Waals surface area contributed by atoms with Gasteiger partial charge in [0.1, 0.15) is 0 Å². The van der Waals surface area contributed by atoms with Crippen molar-refractivity contribution in [3.05, 3.63) is 46.0 Å². The molecule has 158 valence electrons. The summed E-state index contributed by atoms with van der Waals surface area (Å²) in [4.78, 5) is 26.3. The smallest absolute Gasteiger partial charge is 0.339 e. The fraction of sp³-hybridized carbons (Fsp3) is 0.565. The largest absolute Gasteiger partial charge is 0.462 e. The van der Waals surface area contributed by atoms with E-state index >= 15 is 0 Å². The van der Waals surface area contributed by atoms with Crippen LogP contribution in [0.5, 0.6) is 0 Å². The van der Waals surface area contributed by atoms with Crippen molar-refractivity contribution in [3.8, 4) is 0 Å². The predicted molar refractivity (Wildman–Crippen MR) is 119 cm³/mol. The minimum absolute atomic E-state index is 0.276. The summed E-state index contributed by atoms with van der Waals surface area (Å²) >= 11 is 8.03. The number of hydrogen-bond acceptors (Lipinski definition) is 4. The Morgan fingerprint density at radius 1 is 1.31 bits per heavy atom. The highest BCUT2D eigenvalue weighted by atomic mass is 35.5. The first-order valence-electron chi connectivity index (χ1n) is 10.6. The topological polar surface area (TPSA) is 46.6 Å². The number of benzene rings is 1. The summed E-state index contributed by atoms with van der Waals surface area (Å²) < 4.78 is 5.02. The fourth-order valence-electron chi connectivity index (χ4n) is 3.97. The average Bonchev–Trinajstić information content (AvgIpc) is 3.07. The lowest BCUT2D eigenvalue weighted by Crippen LogP contribution is -2.34. The first kappa shape index (κ1) is 22.2. The van der Waals surface area contributed by atoms with Gasteiger partial charge in [-0.3, -0.25) is 4.79 Å². The van der Waals surface area contributed by atoms with Gasteiger partial charge in [-0.15, -0.1) is 11.8 Å². The summed E-state index contributed by atoms with van der Waals surface area (Å²) in [5, 5.41) is 0.717. The summed E-state index contributed by atoms with van der Waals surface area (Å²) in [5.74, 6) is 0.496. The average molecular weight is 436 g/mol. The summed E-state index contributed by atoms with van der Waals surface area (Å²) in [6.07, 6.45) is 11.2. The minimum atomic E-state index is -0.381. The maximum absolute atomic E-state index is 12.3. The van der Waals surface area contributed by atoms with Crippen LogP contribution in [0.25, 0.3) is 0 Å². The Morgan fingerprint density at radius 3 is 2.90 bits per heavy atom. The lowest BCUT2D eigenvalue weighted by atomic mass is 9.97. The monoisotopic (exact) mass is 435 g/mol. The van der Waals surface area contributed by atoms with Crippen molar-refractivity contribution >= 4 is 35.2 Å². The first-order chi connectivity index (χ1) is 14.1. The molecule has 1 unspecified atom stereocenters. The Labute approximate surface area is 183 Å². The molecular weight excluding hydrogens is 406 g/mol. The van der Waals surface area contributed by atoms with E-state index < -0.39 is 0 Å². The zero-order valence-electron chi connectivity index (χ0n) is 17.1. The van der Waals surface area contributed by atoms with Crippen LogP contribution < -0.4 is 0 Å². The fourth-order valence-corrected chi connectivity index (χ4v) is 5.49. The van der Waals surface area contributed by atoms with Crippen molar-refractivity contribution < 1.29 is 14.3 Å². The highest BCUT2D eigenvalue weighted by molar-refractivity contribution is 8.00. The number of nitrogens with zero attached hydrogens (tertiary/aromatic N) is 1. The van der Waals surface area contributed by atoms with Gasteiger partial charge in [-0.25, -0.2) is 4.79 Å².